The zero-order valence-electron chi connectivity index (χ0n) is 13.9. The predicted molar refractivity (Wildman–Crippen MR) is 96.0 cm³/mol. The molecule has 1 fully saturated rings. The van der Waals surface area contributed by atoms with Gasteiger partial charge in [0.2, 0.25) is 5.91 Å². The quantitative estimate of drug-likeness (QED) is 0.786. The monoisotopic (exact) mass is 330 g/mol. The van der Waals surface area contributed by atoms with Gasteiger partial charge in [-0.3, -0.25) is 9.20 Å². The third-order valence-corrected chi connectivity index (χ3v) is 4.59. The fourth-order valence-electron chi connectivity index (χ4n) is 2.90. The molecule has 1 N–H and O–H groups in total. The van der Waals surface area contributed by atoms with Crippen LogP contribution in [0.5, 0.6) is 0 Å². The lowest BCUT2D eigenvalue weighted by Crippen LogP contribution is -2.13. The number of carbonyl (C=O) groups is 1. The zero-order valence-corrected chi connectivity index (χ0v) is 13.9. The number of nitrogens with one attached hydrogen (secondary N) is 1. The fraction of sp³-hybridized carbons (Fsp3) is 0.250. The standard InChI is InChI=1S/C20H18N4O/c1-13(11-21)14-5-7-15(8-6-14)17-3-2-4-19-22-18(12-24(17)19)23-20(25)16-9-10-16/h2-8,12-13,16H,9-10H2,1H3,(H,23,25). The number of anilines is 1. The van der Waals surface area contributed by atoms with Gasteiger partial charge in [0.15, 0.2) is 5.82 Å². The van der Waals surface area contributed by atoms with E-state index in [4.69, 9.17) is 5.26 Å². The third kappa shape index (κ3) is 2.99. The largest absolute Gasteiger partial charge is 0.309 e. The van der Waals surface area contributed by atoms with Crippen LogP contribution in [-0.4, -0.2) is 15.3 Å². The first-order valence-electron chi connectivity index (χ1n) is 8.44. The van der Waals surface area contributed by atoms with Gasteiger partial charge in [0.1, 0.15) is 5.65 Å². The number of nitrogens with zero attached hydrogens (tertiary/aromatic N) is 3. The Morgan fingerprint density at radius 2 is 2.04 bits per heavy atom. The molecule has 2 aromatic heterocycles. The molecule has 1 aliphatic carbocycles. The number of amides is 1. The third-order valence-electron chi connectivity index (χ3n) is 4.59. The second-order valence-electron chi connectivity index (χ2n) is 6.50. The summed E-state index contributed by atoms with van der Waals surface area (Å²) in [6.45, 7) is 1.89. The Bertz CT molecular complexity index is 977. The number of hydrogen-bond donors (Lipinski definition) is 1. The molecule has 124 valence electrons. The molecule has 2 heterocycles. The summed E-state index contributed by atoms with van der Waals surface area (Å²) in [5.41, 5.74) is 3.82. The van der Waals surface area contributed by atoms with Gasteiger partial charge in [0.25, 0.3) is 0 Å². The smallest absolute Gasteiger partial charge is 0.228 e. The number of pyridine rings is 1. The van der Waals surface area contributed by atoms with Crippen molar-refractivity contribution in [2.45, 2.75) is 25.7 Å². The maximum absolute atomic E-state index is 11.9. The molecule has 1 unspecified atom stereocenters. The highest BCUT2D eigenvalue weighted by atomic mass is 16.2. The molecule has 3 aromatic rings. The SMILES string of the molecule is CC(C#N)c1ccc(-c2cccc3nc(NC(=O)C4CC4)cn23)cc1. The van der Waals surface area contributed by atoms with Crippen LogP contribution in [0.4, 0.5) is 5.82 Å². The molecule has 4 rings (SSSR count). The van der Waals surface area contributed by atoms with Gasteiger partial charge in [-0.15, -0.1) is 0 Å². The number of imidazole rings is 1. The van der Waals surface area contributed by atoms with Crippen LogP contribution in [0.15, 0.2) is 48.7 Å². The Kier molecular flexibility index (Phi) is 3.73. The summed E-state index contributed by atoms with van der Waals surface area (Å²) >= 11 is 0. The van der Waals surface area contributed by atoms with Crippen molar-refractivity contribution in [2.75, 3.05) is 5.32 Å². The van der Waals surface area contributed by atoms with E-state index in [1.54, 1.807) is 0 Å². The number of fused-ring (bicyclic) bond motifs is 1. The van der Waals surface area contributed by atoms with Crippen LogP contribution in [0.25, 0.3) is 16.9 Å². The lowest BCUT2D eigenvalue weighted by molar-refractivity contribution is -0.117. The van der Waals surface area contributed by atoms with Gasteiger partial charge in [-0.2, -0.15) is 5.26 Å². The summed E-state index contributed by atoms with van der Waals surface area (Å²) in [6, 6.07) is 16.1. The van der Waals surface area contributed by atoms with E-state index < -0.39 is 0 Å². The molecule has 1 aliphatic rings. The highest BCUT2D eigenvalue weighted by Gasteiger charge is 2.30. The summed E-state index contributed by atoms with van der Waals surface area (Å²) in [4.78, 5) is 16.4. The van der Waals surface area contributed by atoms with Crippen molar-refractivity contribution in [1.82, 2.24) is 9.38 Å². The first-order chi connectivity index (χ1) is 12.2. The maximum Gasteiger partial charge on any atom is 0.228 e. The van der Waals surface area contributed by atoms with Gasteiger partial charge in [0.05, 0.1) is 23.9 Å². The molecule has 0 saturated heterocycles. The Hall–Kier alpha value is -3.13. The van der Waals surface area contributed by atoms with Crippen LogP contribution in [0.1, 0.15) is 31.2 Å². The van der Waals surface area contributed by atoms with Crippen LogP contribution in [0, 0.1) is 17.2 Å². The van der Waals surface area contributed by atoms with Gasteiger partial charge in [-0.05, 0) is 43.0 Å². The van der Waals surface area contributed by atoms with E-state index in [9.17, 15) is 4.79 Å². The van der Waals surface area contributed by atoms with Gasteiger partial charge < -0.3 is 5.32 Å². The van der Waals surface area contributed by atoms with Gasteiger partial charge in [-0.25, -0.2) is 4.98 Å². The van der Waals surface area contributed by atoms with Crippen molar-refractivity contribution in [2.24, 2.45) is 5.92 Å². The Morgan fingerprint density at radius 3 is 2.72 bits per heavy atom. The summed E-state index contributed by atoms with van der Waals surface area (Å²) in [6.07, 6.45) is 3.80. The fourth-order valence-corrected chi connectivity index (χ4v) is 2.90. The molecule has 1 amide bonds. The zero-order chi connectivity index (χ0) is 17.4. The maximum atomic E-state index is 11.9. The van der Waals surface area contributed by atoms with Crippen molar-refractivity contribution in [3.63, 3.8) is 0 Å². The van der Waals surface area contributed by atoms with E-state index in [1.165, 1.54) is 0 Å². The van der Waals surface area contributed by atoms with Crippen LogP contribution >= 0.6 is 0 Å². The normalized spacial score (nSPS) is 14.9. The van der Waals surface area contributed by atoms with Gasteiger partial charge in [-0.1, -0.05) is 30.3 Å². The molecule has 0 radical (unpaired) electrons. The van der Waals surface area contributed by atoms with Crippen LogP contribution in [0.3, 0.4) is 0 Å². The van der Waals surface area contributed by atoms with E-state index in [2.05, 4.69) is 16.4 Å². The van der Waals surface area contributed by atoms with Crippen molar-refractivity contribution in [1.29, 1.82) is 5.26 Å². The van der Waals surface area contributed by atoms with Gasteiger partial charge in [0, 0.05) is 5.92 Å². The average Bonchev–Trinajstić information content (AvgIpc) is 3.41. The highest BCUT2D eigenvalue weighted by molar-refractivity contribution is 5.93. The number of hydrogen-bond acceptors (Lipinski definition) is 3. The molecule has 1 atom stereocenters. The van der Waals surface area contributed by atoms with Crippen molar-refractivity contribution >= 4 is 17.4 Å². The van der Waals surface area contributed by atoms with E-state index in [1.807, 2.05) is 60.0 Å². The summed E-state index contributed by atoms with van der Waals surface area (Å²) in [7, 11) is 0. The molecule has 25 heavy (non-hydrogen) atoms. The lowest BCUT2D eigenvalue weighted by atomic mass is 10.0. The Morgan fingerprint density at radius 1 is 1.28 bits per heavy atom. The summed E-state index contributed by atoms with van der Waals surface area (Å²) in [5, 5.41) is 11.9. The van der Waals surface area contributed by atoms with Crippen molar-refractivity contribution in [3.05, 3.63) is 54.2 Å². The Balaban J connectivity index is 1.68. The van der Waals surface area contributed by atoms with Crippen LogP contribution < -0.4 is 5.32 Å². The number of rotatable bonds is 4. The molecule has 5 nitrogen and oxygen atoms in total. The lowest BCUT2D eigenvalue weighted by Gasteiger charge is -2.08. The Labute approximate surface area is 145 Å². The number of aromatic nitrogens is 2. The minimum Gasteiger partial charge on any atom is -0.309 e. The van der Waals surface area contributed by atoms with E-state index in [0.717, 1.165) is 35.3 Å². The molecule has 1 aromatic carbocycles. The van der Waals surface area contributed by atoms with E-state index >= 15 is 0 Å². The summed E-state index contributed by atoms with van der Waals surface area (Å²) < 4.78 is 1.98. The number of nitriles is 1. The van der Waals surface area contributed by atoms with Crippen LogP contribution in [0.2, 0.25) is 0 Å². The van der Waals surface area contributed by atoms with Crippen molar-refractivity contribution in [3.8, 4) is 17.3 Å². The average molecular weight is 330 g/mol. The molecule has 1 saturated carbocycles. The molecule has 5 heteroatoms. The molecular formula is C20H18N4O. The minimum atomic E-state index is -0.123. The number of carbonyl (C=O) groups excluding carboxylic acids is 1. The predicted octanol–water partition coefficient (Wildman–Crippen LogP) is 3.98. The van der Waals surface area contributed by atoms with Crippen LogP contribution in [-0.2, 0) is 4.79 Å². The molecule has 0 bridgehead atoms. The summed E-state index contributed by atoms with van der Waals surface area (Å²) in [5.74, 6) is 0.667. The first kappa shape index (κ1) is 15.4. The first-order valence-corrected chi connectivity index (χ1v) is 8.44. The topological polar surface area (TPSA) is 70.2 Å². The van der Waals surface area contributed by atoms with Gasteiger partial charge >= 0.3 is 0 Å². The van der Waals surface area contributed by atoms with E-state index in [0.29, 0.717) is 5.82 Å². The van der Waals surface area contributed by atoms with Crippen molar-refractivity contribution < 1.29 is 4.79 Å². The highest BCUT2D eigenvalue weighted by Crippen LogP contribution is 2.30. The second kappa shape index (κ2) is 6.06. The minimum absolute atomic E-state index is 0.0554. The van der Waals surface area contributed by atoms with E-state index in [-0.39, 0.29) is 17.7 Å². The number of benzene rings is 1. The molecule has 0 spiro atoms. The molecular weight excluding hydrogens is 312 g/mol. The molecule has 0 aliphatic heterocycles. The second-order valence-corrected chi connectivity index (χ2v) is 6.50.